The number of sulfonamides is 1. The molecule has 0 saturated heterocycles. The van der Waals surface area contributed by atoms with E-state index >= 15 is 0 Å². The van der Waals surface area contributed by atoms with Crippen molar-refractivity contribution in [2.75, 3.05) is 12.3 Å². The number of H-pyrrole nitrogens is 1. The zero-order valence-corrected chi connectivity index (χ0v) is 12.0. The molecule has 0 aliphatic heterocycles. The predicted octanol–water partition coefficient (Wildman–Crippen LogP) is 1.18. The molecular weight excluding hydrogens is 284 g/mol. The van der Waals surface area contributed by atoms with Gasteiger partial charge < -0.3 is 0 Å². The molecule has 0 fully saturated rings. The third-order valence-electron chi connectivity index (χ3n) is 2.36. The van der Waals surface area contributed by atoms with Gasteiger partial charge in [-0.1, -0.05) is 29.5 Å². The van der Waals surface area contributed by atoms with Crippen LogP contribution in [0.15, 0.2) is 40.6 Å². The van der Waals surface area contributed by atoms with Crippen LogP contribution in [0.5, 0.6) is 0 Å². The Hall–Kier alpha value is -1.38. The SMILES string of the molecule is Cc1ccc(S(=O)(=O)NCCSc2ncn[nH]2)cc1. The highest BCUT2D eigenvalue weighted by molar-refractivity contribution is 7.99. The molecule has 2 N–H and O–H groups in total. The quantitative estimate of drug-likeness (QED) is 0.617. The summed E-state index contributed by atoms with van der Waals surface area (Å²) in [6.45, 7) is 2.25. The van der Waals surface area contributed by atoms with E-state index in [1.54, 1.807) is 24.3 Å². The fourth-order valence-corrected chi connectivity index (χ4v) is 3.19. The number of nitrogens with one attached hydrogen (secondary N) is 2. The highest BCUT2D eigenvalue weighted by Gasteiger charge is 2.12. The van der Waals surface area contributed by atoms with Crippen molar-refractivity contribution in [1.82, 2.24) is 19.9 Å². The van der Waals surface area contributed by atoms with Gasteiger partial charge in [0.15, 0.2) is 5.16 Å². The summed E-state index contributed by atoms with van der Waals surface area (Å²) in [6, 6.07) is 6.75. The van der Waals surface area contributed by atoms with Crippen molar-refractivity contribution < 1.29 is 8.42 Å². The summed E-state index contributed by atoms with van der Waals surface area (Å²) in [5, 5.41) is 7.08. The lowest BCUT2D eigenvalue weighted by Gasteiger charge is -2.06. The second kappa shape index (κ2) is 6.18. The van der Waals surface area contributed by atoms with Crippen LogP contribution in [0.25, 0.3) is 0 Å². The third kappa shape index (κ3) is 4.05. The van der Waals surface area contributed by atoms with Crippen LogP contribution in [-0.2, 0) is 10.0 Å². The molecule has 1 aromatic carbocycles. The molecule has 2 rings (SSSR count). The Morgan fingerprint density at radius 1 is 1.32 bits per heavy atom. The van der Waals surface area contributed by atoms with Gasteiger partial charge in [-0.2, -0.15) is 5.10 Å². The lowest BCUT2D eigenvalue weighted by molar-refractivity contribution is 0.584. The molecule has 2 aromatic rings. The zero-order valence-electron chi connectivity index (χ0n) is 10.3. The van der Waals surface area contributed by atoms with E-state index in [9.17, 15) is 8.42 Å². The minimum atomic E-state index is -3.43. The van der Waals surface area contributed by atoms with Gasteiger partial charge in [-0.05, 0) is 19.1 Å². The van der Waals surface area contributed by atoms with Crippen LogP contribution in [0.3, 0.4) is 0 Å². The first-order valence-electron chi connectivity index (χ1n) is 5.62. The van der Waals surface area contributed by atoms with E-state index in [1.165, 1.54) is 18.1 Å². The molecule has 6 nitrogen and oxygen atoms in total. The number of thioether (sulfide) groups is 1. The largest absolute Gasteiger partial charge is 0.254 e. The monoisotopic (exact) mass is 298 g/mol. The number of benzene rings is 1. The maximum atomic E-state index is 11.9. The van der Waals surface area contributed by atoms with E-state index < -0.39 is 10.0 Å². The molecule has 0 amide bonds. The summed E-state index contributed by atoms with van der Waals surface area (Å²) in [6.07, 6.45) is 1.42. The summed E-state index contributed by atoms with van der Waals surface area (Å²) < 4.78 is 26.4. The number of aromatic nitrogens is 3. The fraction of sp³-hybridized carbons (Fsp3) is 0.273. The standard InChI is InChI=1S/C11H14N4O2S2/c1-9-2-4-10(5-3-9)19(16,17)14-6-7-18-11-12-8-13-15-11/h2-5,8,14H,6-7H2,1H3,(H,12,13,15). The Morgan fingerprint density at radius 2 is 2.05 bits per heavy atom. The van der Waals surface area contributed by atoms with Gasteiger partial charge in [0.2, 0.25) is 10.0 Å². The molecule has 0 aliphatic rings. The molecule has 0 spiro atoms. The number of hydrogen-bond acceptors (Lipinski definition) is 5. The first kappa shape index (κ1) is 14.0. The van der Waals surface area contributed by atoms with E-state index in [0.717, 1.165) is 5.56 Å². The molecule has 1 heterocycles. The first-order valence-corrected chi connectivity index (χ1v) is 8.09. The third-order valence-corrected chi connectivity index (χ3v) is 4.71. The highest BCUT2D eigenvalue weighted by atomic mass is 32.2. The molecule has 19 heavy (non-hydrogen) atoms. The Balaban J connectivity index is 1.86. The van der Waals surface area contributed by atoms with Crippen molar-refractivity contribution in [3.05, 3.63) is 36.2 Å². The molecule has 0 saturated carbocycles. The van der Waals surface area contributed by atoms with Crippen molar-refractivity contribution in [3.63, 3.8) is 0 Å². The summed E-state index contributed by atoms with van der Waals surface area (Å²) in [5.74, 6) is 0.584. The van der Waals surface area contributed by atoms with Crippen molar-refractivity contribution in [2.24, 2.45) is 0 Å². The van der Waals surface area contributed by atoms with Crippen LogP contribution >= 0.6 is 11.8 Å². The molecule has 8 heteroatoms. The lowest BCUT2D eigenvalue weighted by Crippen LogP contribution is -2.26. The predicted molar refractivity (Wildman–Crippen MR) is 73.5 cm³/mol. The maximum Gasteiger partial charge on any atom is 0.240 e. The minimum absolute atomic E-state index is 0.280. The average Bonchev–Trinajstić information content (AvgIpc) is 2.88. The van der Waals surface area contributed by atoms with Gasteiger partial charge in [0.05, 0.1) is 4.90 Å². The Bertz CT molecular complexity index is 609. The van der Waals surface area contributed by atoms with Crippen LogP contribution in [0.2, 0.25) is 0 Å². The van der Waals surface area contributed by atoms with E-state index in [1.807, 2.05) is 6.92 Å². The number of rotatable bonds is 6. The fourth-order valence-electron chi connectivity index (χ4n) is 1.39. The van der Waals surface area contributed by atoms with Crippen molar-refractivity contribution >= 4 is 21.8 Å². The second-order valence-corrected chi connectivity index (χ2v) is 6.70. The second-order valence-electron chi connectivity index (χ2n) is 3.85. The van der Waals surface area contributed by atoms with E-state index in [0.29, 0.717) is 17.5 Å². The highest BCUT2D eigenvalue weighted by Crippen LogP contribution is 2.11. The molecular formula is C11H14N4O2S2. The normalized spacial score (nSPS) is 11.6. The van der Waals surface area contributed by atoms with E-state index in [-0.39, 0.29) is 4.90 Å². The average molecular weight is 298 g/mol. The van der Waals surface area contributed by atoms with Gasteiger partial charge in [0.1, 0.15) is 6.33 Å². The molecule has 0 aliphatic carbocycles. The van der Waals surface area contributed by atoms with Gasteiger partial charge in [0, 0.05) is 12.3 Å². The van der Waals surface area contributed by atoms with Crippen molar-refractivity contribution in [2.45, 2.75) is 17.0 Å². The van der Waals surface area contributed by atoms with Crippen LogP contribution in [0.4, 0.5) is 0 Å². The van der Waals surface area contributed by atoms with E-state index in [2.05, 4.69) is 19.9 Å². The van der Waals surface area contributed by atoms with Crippen LogP contribution in [-0.4, -0.2) is 35.9 Å². The lowest BCUT2D eigenvalue weighted by atomic mass is 10.2. The molecule has 0 bridgehead atoms. The number of aromatic amines is 1. The smallest absolute Gasteiger partial charge is 0.240 e. The maximum absolute atomic E-state index is 11.9. The summed E-state index contributed by atoms with van der Waals surface area (Å²) in [7, 11) is -3.43. The van der Waals surface area contributed by atoms with Gasteiger partial charge in [-0.15, -0.1) is 0 Å². The minimum Gasteiger partial charge on any atom is -0.254 e. The molecule has 0 unspecified atom stereocenters. The van der Waals surface area contributed by atoms with E-state index in [4.69, 9.17) is 0 Å². The van der Waals surface area contributed by atoms with Gasteiger partial charge in [-0.25, -0.2) is 18.1 Å². The van der Waals surface area contributed by atoms with Gasteiger partial charge in [-0.3, -0.25) is 5.10 Å². The van der Waals surface area contributed by atoms with Crippen molar-refractivity contribution in [1.29, 1.82) is 0 Å². The summed E-state index contributed by atoms with van der Waals surface area (Å²) in [5.41, 5.74) is 1.03. The summed E-state index contributed by atoms with van der Waals surface area (Å²) in [4.78, 5) is 4.22. The van der Waals surface area contributed by atoms with Crippen molar-refractivity contribution in [3.8, 4) is 0 Å². The Labute approximate surface area is 116 Å². The molecule has 0 radical (unpaired) electrons. The zero-order chi connectivity index (χ0) is 13.7. The Kier molecular flexibility index (Phi) is 4.56. The molecule has 0 atom stereocenters. The molecule has 1 aromatic heterocycles. The van der Waals surface area contributed by atoms with Crippen LogP contribution in [0, 0.1) is 6.92 Å². The molecule has 102 valence electrons. The topological polar surface area (TPSA) is 87.7 Å². The Morgan fingerprint density at radius 3 is 2.68 bits per heavy atom. The van der Waals surface area contributed by atoms with Gasteiger partial charge >= 0.3 is 0 Å². The number of hydrogen-bond donors (Lipinski definition) is 2. The number of nitrogens with zero attached hydrogens (tertiary/aromatic N) is 2. The van der Waals surface area contributed by atoms with Crippen LogP contribution in [0.1, 0.15) is 5.56 Å². The van der Waals surface area contributed by atoms with Crippen LogP contribution < -0.4 is 4.72 Å². The number of aryl methyl sites for hydroxylation is 1. The first-order chi connectivity index (χ1) is 9.08. The van der Waals surface area contributed by atoms with Gasteiger partial charge in [0.25, 0.3) is 0 Å². The summed E-state index contributed by atoms with van der Waals surface area (Å²) >= 11 is 1.41.